The summed E-state index contributed by atoms with van der Waals surface area (Å²) in [5.41, 5.74) is 3.28. The molecule has 0 N–H and O–H groups in total. The minimum absolute atomic E-state index is 0.676. The zero-order chi connectivity index (χ0) is 17.6. The van der Waals surface area contributed by atoms with Crippen molar-refractivity contribution in [3.63, 3.8) is 0 Å². The zero-order valence-corrected chi connectivity index (χ0v) is 15.0. The van der Waals surface area contributed by atoms with E-state index in [2.05, 4.69) is 10.6 Å². The molecule has 0 saturated heterocycles. The van der Waals surface area contributed by atoms with Crippen LogP contribution in [0.2, 0.25) is 0 Å². The lowest BCUT2D eigenvalue weighted by Gasteiger charge is -2.11. The van der Waals surface area contributed by atoms with Crippen LogP contribution in [0.4, 0.5) is 0 Å². The van der Waals surface area contributed by atoms with E-state index in [1.54, 1.807) is 14.2 Å². The van der Waals surface area contributed by atoms with Gasteiger partial charge in [0.1, 0.15) is 5.82 Å². The molecule has 0 aliphatic rings. The summed E-state index contributed by atoms with van der Waals surface area (Å²) in [5.74, 6) is 2.49. The van der Waals surface area contributed by atoms with E-state index >= 15 is 0 Å². The predicted molar refractivity (Wildman–Crippen MR) is 98.6 cm³/mol. The number of methoxy groups -OCH3 is 2. The highest BCUT2D eigenvalue weighted by Crippen LogP contribution is 2.29. The molecule has 0 radical (unpaired) electrons. The number of imidazole rings is 1. The summed E-state index contributed by atoms with van der Waals surface area (Å²) < 4.78 is 18.5. The molecule has 0 fully saturated rings. The molecule has 3 rings (SSSR count). The second-order valence-electron chi connectivity index (χ2n) is 5.73. The van der Waals surface area contributed by atoms with Crippen LogP contribution >= 0.6 is 0 Å². The lowest BCUT2D eigenvalue weighted by atomic mass is 10.1. The van der Waals surface area contributed by atoms with Gasteiger partial charge in [-0.25, -0.2) is 4.98 Å². The van der Waals surface area contributed by atoms with Crippen molar-refractivity contribution in [1.29, 1.82) is 0 Å². The van der Waals surface area contributed by atoms with Gasteiger partial charge in [-0.1, -0.05) is 18.2 Å². The van der Waals surface area contributed by atoms with E-state index in [9.17, 15) is 0 Å². The number of ether oxygens (including phenoxy) is 3. The molecule has 0 spiro atoms. The van der Waals surface area contributed by atoms with E-state index in [0.717, 1.165) is 53.5 Å². The molecule has 5 heteroatoms. The van der Waals surface area contributed by atoms with Crippen molar-refractivity contribution in [1.82, 2.24) is 9.55 Å². The van der Waals surface area contributed by atoms with Gasteiger partial charge in [0.05, 0.1) is 31.9 Å². The Bertz CT molecular complexity index is 842. The van der Waals surface area contributed by atoms with Gasteiger partial charge in [0.15, 0.2) is 11.5 Å². The Hall–Kier alpha value is -2.53. The lowest BCUT2D eigenvalue weighted by molar-refractivity contribution is 0.139. The van der Waals surface area contributed by atoms with Crippen LogP contribution < -0.4 is 9.47 Å². The van der Waals surface area contributed by atoms with Crippen LogP contribution in [0.15, 0.2) is 42.5 Å². The van der Waals surface area contributed by atoms with E-state index in [1.165, 1.54) is 0 Å². The molecule has 2 aromatic carbocycles. The second kappa shape index (κ2) is 8.03. The highest BCUT2D eigenvalue weighted by Gasteiger charge is 2.12. The Labute approximate surface area is 148 Å². The summed E-state index contributed by atoms with van der Waals surface area (Å²) in [6.07, 6.45) is 0.723. The van der Waals surface area contributed by atoms with E-state index in [0.29, 0.717) is 6.61 Å². The Morgan fingerprint density at radius 1 is 1.00 bits per heavy atom. The van der Waals surface area contributed by atoms with E-state index in [4.69, 9.17) is 19.2 Å². The van der Waals surface area contributed by atoms with Gasteiger partial charge in [-0.3, -0.25) is 0 Å². The number of hydrogen-bond donors (Lipinski definition) is 0. The van der Waals surface area contributed by atoms with E-state index in [-0.39, 0.29) is 0 Å². The molecule has 5 nitrogen and oxygen atoms in total. The SMILES string of the molecule is CCOCCn1c(Cc2ccc(OC)c(OC)c2)nc2ccccc21. The summed E-state index contributed by atoms with van der Waals surface area (Å²) in [4.78, 5) is 4.82. The van der Waals surface area contributed by atoms with Gasteiger partial charge in [0.2, 0.25) is 0 Å². The first-order chi connectivity index (χ1) is 12.3. The van der Waals surface area contributed by atoms with E-state index in [1.807, 2.05) is 43.3 Å². The fourth-order valence-corrected chi connectivity index (χ4v) is 2.98. The first-order valence-corrected chi connectivity index (χ1v) is 8.49. The maximum Gasteiger partial charge on any atom is 0.161 e. The smallest absolute Gasteiger partial charge is 0.161 e. The van der Waals surface area contributed by atoms with Crippen molar-refractivity contribution in [2.45, 2.75) is 19.9 Å². The summed E-state index contributed by atoms with van der Waals surface area (Å²) in [7, 11) is 3.30. The molecular weight excluding hydrogens is 316 g/mol. The van der Waals surface area contributed by atoms with Crippen LogP contribution in [0.3, 0.4) is 0 Å². The number of rotatable bonds is 8. The minimum Gasteiger partial charge on any atom is -0.493 e. The molecule has 0 bridgehead atoms. The summed E-state index contributed by atoms with van der Waals surface area (Å²) in [5, 5.41) is 0. The molecule has 0 atom stereocenters. The fourth-order valence-electron chi connectivity index (χ4n) is 2.98. The van der Waals surface area contributed by atoms with Crippen LogP contribution in [0.25, 0.3) is 11.0 Å². The molecule has 1 aromatic heterocycles. The average molecular weight is 340 g/mol. The Balaban J connectivity index is 1.93. The number of hydrogen-bond acceptors (Lipinski definition) is 4. The third kappa shape index (κ3) is 3.77. The summed E-state index contributed by atoms with van der Waals surface area (Å²) >= 11 is 0. The van der Waals surface area contributed by atoms with Crippen molar-refractivity contribution in [3.8, 4) is 11.5 Å². The second-order valence-corrected chi connectivity index (χ2v) is 5.73. The summed E-state index contributed by atoms with van der Waals surface area (Å²) in [6.45, 7) is 4.20. The normalized spacial score (nSPS) is 11.0. The van der Waals surface area contributed by atoms with Crippen LogP contribution in [0.5, 0.6) is 11.5 Å². The third-order valence-electron chi connectivity index (χ3n) is 4.21. The minimum atomic E-state index is 0.676. The molecule has 0 aliphatic heterocycles. The van der Waals surface area contributed by atoms with Gasteiger partial charge >= 0.3 is 0 Å². The van der Waals surface area contributed by atoms with Gasteiger partial charge in [0, 0.05) is 19.6 Å². The maximum absolute atomic E-state index is 5.54. The maximum atomic E-state index is 5.54. The Morgan fingerprint density at radius 2 is 1.80 bits per heavy atom. The molecule has 1 heterocycles. The number of nitrogens with zero attached hydrogens (tertiary/aromatic N) is 2. The van der Waals surface area contributed by atoms with E-state index < -0.39 is 0 Å². The molecular formula is C20H24N2O3. The molecule has 25 heavy (non-hydrogen) atoms. The van der Waals surface area contributed by atoms with Crippen molar-refractivity contribution >= 4 is 11.0 Å². The van der Waals surface area contributed by atoms with Crippen LogP contribution in [0.1, 0.15) is 18.3 Å². The lowest BCUT2D eigenvalue weighted by Crippen LogP contribution is -2.10. The van der Waals surface area contributed by atoms with Crippen molar-refractivity contribution in [2.75, 3.05) is 27.4 Å². The van der Waals surface area contributed by atoms with Gasteiger partial charge in [-0.2, -0.15) is 0 Å². The fraction of sp³-hybridized carbons (Fsp3) is 0.350. The Kier molecular flexibility index (Phi) is 5.56. The molecule has 0 saturated carbocycles. The standard InChI is InChI=1S/C20H24N2O3/c1-4-25-12-11-22-17-8-6-5-7-16(17)21-20(22)14-15-9-10-18(23-2)19(13-15)24-3/h5-10,13H,4,11-12,14H2,1-3H3. The van der Waals surface area contributed by atoms with Crippen LogP contribution in [0, 0.1) is 0 Å². The number of aromatic nitrogens is 2. The molecule has 0 unspecified atom stereocenters. The topological polar surface area (TPSA) is 45.5 Å². The quantitative estimate of drug-likeness (QED) is 0.587. The monoisotopic (exact) mass is 340 g/mol. The highest BCUT2D eigenvalue weighted by molar-refractivity contribution is 5.76. The molecule has 3 aromatic rings. The number of benzene rings is 2. The van der Waals surface area contributed by atoms with Gasteiger partial charge in [-0.05, 0) is 36.8 Å². The zero-order valence-electron chi connectivity index (χ0n) is 15.0. The third-order valence-corrected chi connectivity index (χ3v) is 4.21. The molecule has 132 valence electrons. The predicted octanol–water partition coefficient (Wildman–Crippen LogP) is 3.68. The van der Waals surface area contributed by atoms with Crippen molar-refractivity contribution < 1.29 is 14.2 Å². The van der Waals surface area contributed by atoms with Crippen molar-refractivity contribution in [3.05, 3.63) is 53.9 Å². The first kappa shape index (κ1) is 17.3. The largest absolute Gasteiger partial charge is 0.493 e. The van der Waals surface area contributed by atoms with Gasteiger partial charge in [-0.15, -0.1) is 0 Å². The van der Waals surface area contributed by atoms with Gasteiger partial charge < -0.3 is 18.8 Å². The first-order valence-electron chi connectivity index (χ1n) is 8.49. The number of para-hydroxylation sites is 2. The highest BCUT2D eigenvalue weighted by atomic mass is 16.5. The number of fused-ring (bicyclic) bond motifs is 1. The van der Waals surface area contributed by atoms with Crippen LogP contribution in [-0.2, 0) is 17.7 Å². The molecule has 0 amide bonds. The van der Waals surface area contributed by atoms with Crippen LogP contribution in [-0.4, -0.2) is 37.0 Å². The van der Waals surface area contributed by atoms with Gasteiger partial charge in [0.25, 0.3) is 0 Å². The Morgan fingerprint density at radius 3 is 2.56 bits per heavy atom. The van der Waals surface area contributed by atoms with Crippen molar-refractivity contribution in [2.24, 2.45) is 0 Å². The summed E-state index contributed by atoms with van der Waals surface area (Å²) in [6, 6.07) is 14.2. The molecule has 0 aliphatic carbocycles. The average Bonchev–Trinajstić information content (AvgIpc) is 2.99.